The number of fused-ring (bicyclic) bond motifs is 1. The molecule has 0 aliphatic heterocycles. The van der Waals surface area contributed by atoms with Gasteiger partial charge in [-0.05, 0) is 52.0 Å². The van der Waals surface area contributed by atoms with E-state index in [0.717, 1.165) is 26.2 Å². The highest BCUT2D eigenvalue weighted by Gasteiger charge is 2.10. The third kappa shape index (κ3) is 2.47. The molecule has 5 nitrogen and oxygen atoms in total. The number of nitrogen functional groups attached to an aromatic ring is 1. The fraction of sp³-hybridized carbons (Fsp3) is 0.0769. The maximum absolute atomic E-state index is 5.42. The molecule has 1 aromatic carbocycles. The van der Waals surface area contributed by atoms with Crippen molar-refractivity contribution in [2.45, 2.75) is 6.92 Å². The molecule has 0 spiro atoms. The zero-order valence-corrected chi connectivity index (χ0v) is 13.0. The lowest BCUT2D eigenvalue weighted by Crippen LogP contribution is -2.11. The molecule has 2 aromatic heterocycles. The number of thiophene rings is 1. The van der Waals surface area contributed by atoms with Crippen molar-refractivity contribution in [3.63, 3.8) is 0 Å². The fourth-order valence-electron chi connectivity index (χ4n) is 1.88. The Balaban J connectivity index is 2.09. The van der Waals surface area contributed by atoms with Crippen LogP contribution in [0.1, 0.15) is 5.56 Å². The number of anilines is 3. The molecule has 0 fully saturated rings. The largest absolute Gasteiger partial charge is 0.339 e. The number of nitrogens with two attached hydrogens (primary N) is 1. The second-order valence-electron chi connectivity index (χ2n) is 4.29. The average Bonchev–Trinajstić information content (AvgIpc) is 2.91. The Labute approximate surface area is 128 Å². The van der Waals surface area contributed by atoms with Crippen LogP contribution < -0.4 is 16.6 Å². The highest BCUT2D eigenvalue weighted by Crippen LogP contribution is 2.31. The molecular formula is C13H12BrN5S. The number of aryl methyl sites for hydroxylation is 1. The summed E-state index contributed by atoms with van der Waals surface area (Å²) in [4.78, 5) is 9.59. The van der Waals surface area contributed by atoms with Gasteiger partial charge < -0.3 is 5.32 Å². The van der Waals surface area contributed by atoms with Gasteiger partial charge in [0.1, 0.15) is 10.6 Å². The molecule has 20 heavy (non-hydrogen) atoms. The van der Waals surface area contributed by atoms with E-state index in [1.165, 1.54) is 5.56 Å². The highest BCUT2D eigenvalue weighted by atomic mass is 79.9. The molecule has 3 rings (SSSR count). The van der Waals surface area contributed by atoms with Crippen LogP contribution in [0, 0.1) is 6.92 Å². The van der Waals surface area contributed by atoms with E-state index >= 15 is 0 Å². The monoisotopic (exact) mass is 349 g/mol. The molecule has 0 radical (unpaired) electrons. The van der Waals surface area contributed by atoms with E-state index in [0.29, 0.717) is 5.95 Å². The van der Waals surface area contributed by atoms with Crippen molar-refractivity contribution < 1.29 is 0 Å². The Morgan fingerprint density at radius 3 is 2.90 bits per heavy atom. The molecule has 7 heteroatoms. The fourth-order valence-corrected chi connectivity index (χ4v) is 2.99. The summed E-state index contributed by atoms with van der Waals surface area (Å²) in [6.45, 7) is 2.05. The molecule has 3 aromatic rings. The summed E-state index contributed by atoms with van der Waals surface area (Å²) in [7, 11) is 0. The molecule has 4 N–H and O–H groups in total. The second-order valence-corrected chi connectivity index (χ2v) is 6.04. The minimum atomic E-state index is 0.395. The van der Waals surface area contributed by atoms with Crippen molar-refractivity contribution in [3.05, 3.63) is 39.7 Å². The van der Waals surface area contributed by atoms with E-state index in [1.807, 2.05) is 30.5 Å². The van der Waals surface area contributed by atoms with E-state index in [9.17, 15) is 0 Å². The quantitative estimate of drug-likeness (QED) is 0.495. The first kappa shape index (κ1) is 13.3. The summed E-state index contributed by atoms with van der Waals surface area (Å²) < 4.78 is 0.979. The molecule has 0 amide bonds. The first-order chi connectivity index (χ1) is 9.67. The van der Waals surface area contributed by atoms with Gasteiger partial charge in [0.25, 0.3) is 0 Å². The summed E-state index contributed by atoms with van der Waals surface area (Å²) in [5, 5.41) is 6.29. The lowest BCUT2D eigenvalue weighted by molar-refractivity contribution is 1.16. The van der Waals surface area contributed by atoms with E-state index in [4.69, 9.17) is 5.84 Å². The number of benzene rings is 1. The van der Waals surface area contributed by atoms with Crippen molar-refractivity contribution in [3.8, 4) is 0 Å². The van der Waals surface area contributed by atoms with Crippen LogP contribution in [0.2, 0.25) is 0 Å². The van der Waals surface area contributed by atoms with Gasteiger partial charge in [0, 0.05) is 4.47 Å². The van der Waals surface area contributed by atoms with E-state index in [1.54, 1.807) is 11.3 Å². The predicted octanol–water partition coefficient (Wildman–Crippen LogP) is 3.79. The first-order valence-electron chi connectivity index (χ1n) is 5.92. The molecule has 0 atom stereocenters. The number of hydrogen-bond acceptors (Lipinski definition) is 6. The van der Waals surface area contributed by atoms with Gasteiger partial charge in [0.15, 0.2) is 0 Å². The summed E-state index contributed by atoms with van der Waals surface area (Å²) >= 11 is 5.09. The van der Waals surface area contributed by atoms with Crippen molar-refractivity contribution in [2.75, 3.05) is 10.7 Å². The first-order valence-corrected chi connectivity index (χ1v) is 7.59. The standard InChI is InChI=1S/C13H12BrN5S/c1-7-2-3-9(14)10(6-7)16-11-8-4-5-20-12(8)18-13(17-11)19-15/h2-6H,15H2,1H3,(H2,16,17,18,19). The van der Waals surface area contributed by atoms with Crippen molar-refractivity contribution >= 4 is 54.9 Å². The van der Waals surface area contributed by atoms with Gasteiger partial charge in [-0.2, -0.15) is 4.98 Å². The maximum Gasteiger partial charge on any atom is 0.240 e. The van der Waals surface area contributed by atoms with Crippen LogP contribution >= 0.6 is 27.3 Å². The van der Waals surface area contributed by atoms with Crippen molar-refractivity contribution in [1.29, 1.82) is 0 Å². The number of hydrogen-bond donors (Lipinski definition) is 3. The molecular weight excluding hydrogens is 338 g/mol. The maximum atomic E-state index is 5.42. The highest BCUT2D eigenvalue weighted by molar-refractivity contribution is 9.10. The normalized spacial score (nSPS) is 10.8. The zero-order valence-electron chi connectivity index (χ0n) is 10.6. The van der Waals surface area contributed by atoms with Crippen LogP contribution in [0.25, 0.3) is 10.2 Å². The summed E-state index contributed by atoms with van der Waals surface area (Å²) in [6.07, 6.45) is 0. The number of hydrazine groups is 1. The molecule has 0 saturated carbocycles. The van der Waals surface area contributed by atoms with Gasteiger partial charge >= 0.3 is 0 Å². The van der Waals surface area contributed by atoms with Crippen LogP contribution in [0.3, 0.4) is 0 Å². The number of aromatic nitrogens is 2. The van der Waals surface area contributed by atoms with Gasteiger partial charge in [0.05, 0.1) is 11.1 Å². The third-order valence-electron chi connectivity index (χ3n) is 2.83. The molecule has 0 aliphatic rings. The molecule has 0 saturated heterocycles. The van der Waals surface area contributed by atoms with Crippen LogP contribution in [-0.2, 0) is 0 Å². The lowest BCUT2D eigenvalue weighted by Gasteiger charge is -2.10. The van der Waals surface area contributed by atoms with Crippen LogP contribution in [-0.4, -0.2) is 9.97 Å². The van der Waals surface area contributed by atoms with Crippen LogP contribution in [0.5, 0.6) is 0 Å². The molecule has 102 valence electrons. The topological polar surface area (TPSA) is 75.9 Å². The minimum absolute atomic E-state index is 0.395. The van der Waals surface area contributed by atoms with Crippen LogP contribution in [0.15, 0.2) is 34.1 Å². The van der Waals surface area contributed by atoms with E-state index < -0.39 is 0 Å². The third-order valence-corrected chi connectivity index (χ3v) is 4.33. The number of nitrogens with zero attached hydrogens (tertiary/aromatic N) is 2. The van der Waals surface area contributed by atoms with Gasteiger partial charge in [0.2, 0.25) is 5.95 Å². The molecule has 0 bridgehead atoms. The smallest absolute Gasteiger partial charge is 0.240 e. The predicted molar refractivity (Wildman–Crippen MR) is 87.4 cm³/mol. The van der Waals surface area contributed by atoms with E-state index in [2.05, 4.69) is 42.7 Å². The summed E-state index contributed by atoms with van der Waals surface area (Å²) in [6, 6.07) is 8.10. The average molecular weight is 350 g/mol. The molecule has 0 unspecified atom stereocenters. The Bertz CT molecular complexity index is 771. The van der Waals surface area contributed by atoms with Crippen LogP contribution in [0.4, 0.5) is 17.5 Å². The zero-order chi connectivity index (χ0) is 14.1. The Kier molecular flexibility index (Phi) is 3.56. The number of rotatable bonds is 3. The van der Waals surface area contributed by atoms with Crippen molar-refractivity contribution in [2.24, 2.45) is 5.84 Å². The molecule has 2 heterocycles. The summed E-state index contributed by atoms with van der Waals surface area (Å²) in [5.74, 6) is 6.55. The Morgan fingerprint density at radius 1 is 1.25 bits per heavy atom. The second kappa shape index (κ2) is 5.35. The van der Waals surface area contributed by atoms with Gasteiger partial charge in [-0.1, -0.05) is 6.07 Å². The number of nitrogens with one attached hydrogen (secondary N) is 2. The SMILES string of the molecule is Cc1ccc(Br)c(Nc2nc(NN)nc3sccc23)c1. The van der Waals surface area contributed by atoms with Crippen molar-refractivity contribution in [1.82, 2.24) is 9.97 Å². The summed E-state index contributed by atoms with van der Waals surface area (Å²) in [5.41, 5.74) is 4.62. The van der Waals surface area contributed by atoms with Gasteiger partial charge in [-0.15, -0.1) is 11.3 Å². The number of halogens is 1. The lowest BCUT2D eigenvalue weighted by atomic mass is 10.2. The molecule has 0 aliphatic carbocycles. The van der Waals surface area contributed by atoms with E-state index in [-0.39, 0.29) is 0 Å². The minimum Gasteiger partial charge on any atom is -0.339 e. The Morgan fingerprint density at radius 2 is 2.10 bits per heavy atom. The van der Waals surface area contributed by atoms with Gasteiger partial charge in [-0.3, -0.25) is 5.43 Å². The van der Waals surface area contributed by atoms with Gasteiger partial charge in [-0.25, -0.2) is 10.8 Å². The Hall–Kier alpha value is -1.70.